The van der Waals surface area contributed by atoms with Crippen LogP contribution in [0.1, 0.15) is 87.0 Å². The van der Waals surface area contributed by atoms with Gasteiger partial charge in [0, 0.05) is 42.9 Å². The molecule has 1 saturated heterocycles. The monoisotopic (exact) mass is 508 g/mol. The smallest absolute Gasteiger partial charge is 0.362 e. The second-order valence-electron chi connectivity index (χ2n) is 10.1. The maximum atomic E-state index is 15.3. The van der Waals surface area contributed by atoms with Gasteiger partial charge < -0.3 is 9.30 Å². The molecule has 0 spiro atoms. The molecule has 1 fully saturated rings. The van der Waals surface area contributed by atoms with Gasteiger partial charge >= 0.3 is 5.97 Å². The van der Waals surface area contributed by atoms with Gasteiger partial charge in [0.15, 0.2) is 5.78 Å². The average Bonchev–Trinajstić information content (AvgIpc) is 3.40. The highest BCUT2D eigenvalue weighted by atomic mass is 32.2. The van der Waals surface area contributed by atoms with Gasteiger partial charge in [-0.15, -0.1) is 0 Å². The molecule has 2 aliphatic rings. The van der Waals surface area contributed by atoms with E-state index < -0.39 is 27.7 Å². The van der Waals surface area contributed by atoms with Gasteiger partial charge in [-0.25, -0.2) is 17.6 Å². The molecule has 9 heteroatoms. The lowest BCUT2D eigenvalue weighted by atomic mass is 9.75. The number of fused-ring (bicyclic) bond motifs is 1. The van der Waals surface area contributed by atoms with Gasteiger partial charge in [0.1, 0.15) is 0 Å². The van der Waals surface area contributed by atoms with Crippen LogP contribution in [-0.2, 0) is 32.4 Å². The third-order valence-electron chi connectivity index (χ3n) is 6.94. The molecule has 3 rings (SSSR count). The van der Waals surface area contributed by atoms with Crippen LogP contribution in [0, 0.1) is 12.3 Å². The lowest BCUT2D eigenvalue weighted by Gasteiger charge is -2.30. The Bertz CT molecular complexity index is 1170. The number of esters is 1. The highest BCUT2D eigenvalue weighted by Gasteiger charge is 2.40. The molecular formula is C26H37FN2O5S. The summed E-state index contributed by atoms with van der Waals surface area (Å²) in [5.41, 5.74) is 2.07. The molecule has 1 aliphatic heterocycles. The van der Waals surface area contributed by atoms with Crippen molar-refractivity contribution in [2.75, 3.05) is 20.2 Å². The number of halogens is 1. The van der Waals surface area contributed by atoms with Gasteiger partial charge in [-0.05, 0) is 56.1 Å². The van der Waals surface area contributed by atoms with Crippen LogP contribution in [0.5, 0.6) is 0 Å². The number of methoxy groups -OCH3 is 1. The lowest BCUT2D eigenvalue weighted by Crippen LogP contribution is -2.30. The van der Waals surface area contributed by atoms with E-state index in [4.69, 9.17) is 0 Å². The minimum Gasteiger partial charge on any atom is -0.465 e. The number of carbonyl (C=O) groups excluding carboxylic acids is 2. The fourth-order valence-electron chi connectivity index (χ4n) is 5.36. The molecule has 7 nitrogen and oxygen atoms in total. The van der Waals surface area contributed by atoms with E-state index in [9.17, 15) is 18.0 Å². The third-order valence-corrected chi connectivity index (χ3v) is 9.04. The van der Waals surface area contributed by atoms with Crippen molar-refractivity contribution < 1.29 is 27.1 Å². The molecule has 0 amide bonds. The van der Waals surface area contributed by atoms with Crippen LogP contribution in [0.15, 0.2) is 22.6 Å². The number of Topliss-reactive ketones (excluding diaryl/α,β-unsaturated/α-hetero) is 1. The Morgan fingerprint density at radius 2 is 1.86 bits per heavy atom. The molecule has 0 saturated carbocycles. The van der Waals surface area contributed by atoms with Crippen LogP contribution in [-0.4, -0.2) is 49.2 Å². The molecule has 2 heterocycles. The first kappa shape index (κ1) is 27.3. The van der Waals surface area contributed by atoms with Crippen LogP contribution in [0.2, 0.25) is 0 Å². The number of nitrogens with zero attached hydrogens (tertiary/aromatic N) is 2. The largest absolute Gasteiger partial charge is 0.465 e. The normalized spacial score (nSPS) is 20.1. The first-order chi connectivity index (χ1) is 16.4. The summed E-state index contributed by atoms with van der Waals surface area (Å²) in [6, 6.07) is 0. The molecule has 0 aromatic carbocycles. The van der Waals surface area contributed by atoms with Crippen molar-refractivity contribution in [1.29, 1.82) is 0 Å². The maximum Gasteiger partial charge on any atom is 0.362 e. The number of hydrogen-bond donors (Lipinski definition) is 0. The molecule has 35 heavy (non-hydrogen) atoms. The molecular weight excluding hydrogens is 471 g/mol. The molecule has 1 aliphatic carbocycles. The van der Waals surface area contributed by atoms with Crippen LogP contribution < -0.4 is 0 Å². The van der Waals surface area contributed by atoms with Gasteiger partial charge in [0.2, 0.25) is 10.0 Å². The standard InChI is InChI=1S/C26H37FN2O5S/c1-7-11-18(22(8-2)35(32,33)28-12-9-10-13-28)14-19-17(3)29(24(27)25(31)34-6)20-15-26(4,5)16-21(30)23(19)20/h8,11,24H,7,9-10,12-16H2,1-6H3. The Morgan fingerprint density at radius 1 is 1.23 bits per heavy atom. The summed E-state index contributed by atoms with van der Waals surface area (Å²) in [6.07, 6.45) is 4.49. The van der Waals surface area contributed by atoms with Gasteiger partial charge in [-0.1, -0.05) is 32.9 Å². The number of hydrogen-bond acceptors (Lipinski definition) is 5. The lowest BCUT2D eigenvalue weighted by molar-refractivity contribution is -0.150. The Balaban J connectivity index is 2.16. The predicted octanol–water partition coefficient (Wildman–Crippen LogP) is 4.80. The van der Waals surface area contributed by atoms with Crippen LogP contribution in [0.3, 0.4) is 0 Å². The molecule has 0 radical (unpaired) electrons. The molecule has 1 atom stereocenters. The quantitative estimate of drug-likeness (QED) is 0.372. The van der Waals surface area contributed by atoms with E-state index in [1.54, 1.807) is 19.9 Å². The van der Waals surface area contributed by atoms with Crippen molar-refractivity contribution in [2.45, 2.75) is 79.4 Å². The zero-order chi connectivity index (χ0) is 26.1. The summed E-state index contributed by atoms with van der Waals surface area (Å²) >= 11 is 0. The Morgan fingerprint density at radius 3 is 2.40 bits per heavy atom. The number of sulfonamides is 1. The summed E-state index contributed by atoms with van der Waals surface area (Å²) < 4.78 is 49.7. The molecule has 1 unspecified atom stereocenters. The van der Waals surface area contributed by atoms with E-state index in [2.05, 4.69) is 4.74 Å². The van der Waals surface area contributed by atoms with Crippen LogP contribution in [0.25, 0.3) is 0 Å². The van der Waals surface area contributed by atoms with Gasteiger partial charge in [0.05, 0.1) is 12.0 Å². The van der Waals surface area contributed by atoms with Gasteiger partial charge in [-0.3, -0.25) is 4.79 Å². The van der Waals surface area contributed by atoms with Crippen molar-refractivity contribution in [3.8, 4) is 0 Å². The minimum absolute atomic E-state index is 0.120. The third kappa shape index (κ3) is 5.16. The predicted molar refractivity (Wildman–Crippen MR) is 133 cm³/mol. The Labute approximate surface area is 208 Å². The fourth-order valence-corrected chi connectivity index (χ4v) is 7.16. The van der Waals surface area contributed by atoms with Crippen molar-refractivity contribution in [2.24, 2.45) is 5.41 Å². The number of rotatable bonds is 8. The second kappa shape index (κ2) is 10.4. The van der Waals surface area contributed by atoms with E-state index in [0.29, 0.717) is 60.4 Å². The van der Waals surface area contributed by atoms with E-state index in [0.717, 1.165) is 20.0 Å². The molecule has 0 N–H and O–H groups in total. The van der Waals surface area contributed by atoms with Crippen molar-refractivity contribution in [1.82, 2.24) is 8.87 Å². The zero-order valence-corrected chi connectivity index (χ0v) is 22.4. The summed E-state index contributed by atoms with van der Waals surface area (Å²) in [7, 11) is -2.57. The first-order valence-electron chi connectivity index (χ1n) is 12.2. The van der Waals surface area contributed by atoms with E-state index in [-0.39, 0.29) is 17.1 Å². The molecule has 1 aromatic heterocycles. The minimum atomic E-state index is -3.70. The summed E-state index contributed by atoms with van der Waals surface area (Å²) in [6.45, 7) is 10.1. The van der Waals surface area contributed by atoms with Crippen LogP contribution in [0.4, 0.5) is 4.39 Å². The fraction of sp³-hybridized carbons (Fsp3) is 0.615. The van der Waals surface area contributed by atoms with Gasteiger partial charge in [-0.2, -0.15) is 4.31 Å². The maximum absolute atomic E-state index is 15.3. The van der Waals surface area contributed by atoms with E-state index in [1.165, 1.54) is 8.87 Å². The number of ether oxygens (including phenoxy) is 1. The first-order valence-corrected chi connectivity index (χ1v) is 13.7. The number of ketones is 1. The SMILES string of the molecule is CC=C(C(=CCC)Cc1c2c(n(C(F)C(=O)OC)c1C)CC(C)(C)CC2=O)S(=O)(=O)N1CCCC1. The summed E-state index contributed by atoms with van der Waals surface area (Å²) in [5.74, 6) is -1.16. The van der Waals surface area contributed by atoms with E-state index >= 15 is 4.39 Å². The average molecular weight is 509 g/mol. The highest BCUT2D eigenvalue weighted by molar-refractivity contribution is 7.93. The number of carbonyl (C=O) groups is 2. The van der Waals surface area contributed by atoms with Crippen molar-refractivity contribution >= 4 is 21.8 Å². The van der Waals surface area contributed by atoms with Crippen molar-refractivity contribution in [3.63, 3.8) is 0 Å². The summed E-state index contributed by atoms with van der Waals surface area (Å²) in [5, 5.41) is 0. The number of aromatic nitrogens is 1. The molecule has 194 valence electrons. The van der Waals surface area contributed by atoms with Crippen molar-refractivity contribution in [3.05, 3.63) is 45.1 Å². The number of allylic oxidation sites excluding steroid dienone is 3. The molecule has 1 aromatic rings. The number of alkyl halides is 1. The van der Waals surface area contributed by atoms with Crippen LogP contribution >= 0.6 is 0 Å². The summed E-state index contributed by atoms with van der Waals surface area (Å²) in [4.78, 5) is 25.7. The topological polar surface area (TPSA) is 85.7 Å². The van der Waals surface area contributed by atoms with E-state index in [1.807, 2.05) is 26.8 Å². The highest BCUT2D eigenvalue weighted by Crippen LogP contribution is 2.42. The Kier molecular flexibility index (Phi) is 8.11. The van der Waals surface area contributed by atoms with Gasteiger partial charge in [0.25, 0.3) is 6.30 Å². The Hall–Kier alpha value is -2.26. The second-order valence-corrected chi connectivity index (χ2v) is 12.0. The zero-order valence-electron chi connectivity index (χ0n) is 21.6. The molecule has 0 bridgehead atoms.